The molecule has 1 amide bonds. The second-order valence-corrected chi connectivity index (χ2v) is 4.81. The summed E-state index contributed by atoms with van der Waals surface area (Å²) in [5.74, 6) is -0.106. The third-order valence-corrected chi connectivity index (χ3v) is 3.46. The van der Waals surface area contributed by atoms with Crippen molar-refractivity contribution in [1.29, 1.82) is 0 Å². The smallest absolute Gasteiger partial charge is 0.228 e. The van der Waals surface area contributed by atoms with Gasteiger partial charge in [0.2, 0.25) is 5.91 Å². The van der Waals surface area contributed by atoms with Crippen molar-refractivity contribution in [3.05, 3.63) is 46.8 Å². The van der Waals surface area contributed by atoms with Crippen molar-refractivity contribution < 1.29 is 9.90 Å². The largest absolute Gasteiger partial charge is 0.392 e. The molecule has 5 heteroatoms. The van der Waals surface area contributed by atoms with Gasteiger partial charge in [0, 0.05) is 29.6 Å². The van der Waals surface area contributed by atoms with Gasteiger partial charge in [0.25, 0.3) is 0 Å². The van der Waals surface area contributed by atoms with Crippen LogP contribution in [0.15, 0.2) is 24.3 Å². The minimum Gasteiger partial charge on any atom is -0.392 e. The minimum atomic E-state index is -0.106. The fourth-order valence-corrected chi connectivity index (χ4v) is 2.21. The molecular weight excluding hydrogens is 254 g/mol. The molecule has 0 aliphatic carbocycles. The summed E-state index contributed by atoms with van der Waals surface area (Å²) < 4.78 is 1.78. The predicted octanol–water partition coefficient (Wildman–Crippen LogP) is 1.71. The van der Waals surface area contributed by atoms with Gasteiger partial charge in [-0.2, -0.15) is 5.10 Å². The fraction of sp³-hybridized carbons (Fsp3) is 0.333. The van der Waals surface area contributed by atoms with Gasteiger partial charge in [-0.05, 0) is 19.9 Å². The van der Waals surface area contributed by atoms with E-state index in [1.165, 1.54) is 0 Å². The number of hydrogen-bond donors (Lipinski definition) is 2. The number of benzene rings is 1. The first-order valence-corrected chi connectivity index (χ1v) is 6.50. The highest BCUT2D eigenvalue weighted by Crippen LogP contribution is 2.17. The highest BCUT2D eigenvalue weighted by Gasteiger charge is 2.14. The molecule has 106 valence electrons. The summed E-state index contributed by atoms with van der Waals surface area (Å²) in [6.45, 7) is 3.75. The van der Waals surface area contributed by atoms with Crippen LogP contribution in [0.5, 0.6) is 0 Å². The highest BCUT2D eigenvalue weighted by molar-refractivity contribution is 5.93. The molecule has 1 aromatic carbocycles. The molecule has 0 saturated heterocycles. The van der Waals surface area contributed by atoms with Gasteiger partial charge >= 0.3 is 0 Å². The van der Waals surface area contributed by atoms with Crippen molar-refractivity contribution in [3.63, 3.8) is 0 Å². The number of aromatic nitrogens is 2. The first-order chi connectivity index (χ1) is 9.52. The number of aliphatic hydroxyl groups excluding tert-OH is 1. The number of carbonyl (C=O) groups excluding carboxylic acids is 1. The van der Waals surface area contributed by atoms with Gasteiger partial charge in [-0.25, -0.2) is 0 Å². The predicted molar refractivity (Wildman–Crippen MR) is 77.4 cm³/mol. The molecular formula is C15H19N3O2. The number of carbonyl (C=O) groups is 1. The van der Waals surface area contributed by atoms with E-state index in [0.717, 1.165) is 17.0 Å². The van der Waals surface area contributed by atoms with E-state index < -0.39 is 0 Å². The van der Waals surface area contributed by atoms with Crippen molar-refractivity contribution in [2.24, 2.45) is 7.05 Å². The Bertz CT molecular complexity index is 632. The minimum absolute atomic E-state index is 0.0958. The maximum atomic E-state index is 12.1. The van der Waals surface area contributed by atoms with Crippen LogP contribution in [-0.2, 0) is 24.9 Å². The SMILES string of the molecule is Cc1nn(C)c(C)c1CC(=O)Nc1ccccc1CO. The van der Waals surface area contributed by atoms with Gasteiger partial charge in [0.15, 0.2) is 0 Å². The van der Waals surface area contributed by atoms with Crippen LogP contribution in [0.3, 0.4) is 0 Å². The van der Waals surface area contributed by atoms with Crippen LogP contribution in [0, 0.1) is 13.8 Å². The molecule has 0 bridgehead atoms. The lowest BCUT2D eigenvalue weighted by Gasteiger charge is -2.09. The maximum absolute atomic E-state index is 12.1. The Kier molecular flexibility index (Phi) is 4.20. The van der Waals surface area contributed by atoms with Crippen molar-refractivity contribution in [1.82, 2.24) is 9.78 Å². The molecule has 2 rings (SSSR count). The van der Waals surface area contributed by atoms with E-state index in [9.17, 15) is 9.90 Å². The van der Waals surface area contributed by atoms with E-state index in [4.69, 9.17) is 0 Å². The van der Waals surface area contributed by atoms with Crippen molar-refractivity contribution in [3.8, 4) is 0 Å². The van der Waals surface area contributed by atoms with E-state index in [-0.39, 0.29) is 18.9 Å². The van der Waals surface area contributed by atoms with Crippen LogP contribution in [-0.4, -0.2) is 20.8 Å². The molecule has 20 heavy (non-hydrogen) atoms. The van der Waals surface area contributed by atoms with Crippen molar-refractivity contribution in [2.75, 3.05) is 5.32 Å². The molecule has 0 atom stereocenters. The molecule has 1 aromatic heterocycles. The quantitative estimate of drug-likeness (QED) is 0.891. The first-order valence-electron chi connectivity index (χ1n) is 6.50. The highest BCUT2D eigenvalue weighted by atomic mass is 16.3. The van der Waals surface area contributed by atoms with Crippen LogP contribution >= 0.6 is 0 Å². The molecule has 0 aliphatic rings. The lowest BCUT2D eigenvalue weighted by Crippen LogP contribution is -2.16. The molecule has 0 spiro atoms. The van der Waals surface area contributed by atoms with Crippen LogP contribution in [0.2, 0.25) is 0 Å². The molecule has 0 fully saturated rings. The Morgan fingerprint density at radius 3 is 2.65 bits per heavy atom. The van der Waals surface area contributed by atoms with Gasteiger partial charge in [-0.3, -0.25) is 9.48 Å². The zero-order chi connectivity index (χ0) is 14.7. The Hall–Kier alpha value is -2.14. The van der Waals surface area contributed by atoms with E-state index in [1.54, 1.807) is 16.8 Å². The van der Waals surface area contributed by atoms with Crippen LogP contribution in [0.4, 0.5) is 5.69 Å². The van der Waals surface area contributed by atoms with Crippen molar-refractivity contribution >= 4 is 11.6 Å². The monoisotopic (exact) mass is 273 g/mol. The number of nitrogens with one attached hydrogen (secondary N) is 1. The Morgan fingerprint density at radius 1 is 1.35 bits per heavy atom. The zero-order valence-corrected chi connectivity index (χ0v) is 12.0. The van der Waals surface area contributed by atoms with Crippen LogP contribution in [0.25, 0.3) is 0 Å². The summed E-state index contributed by atoms with van der Waals surface area (Å²) in [5.41, 5.74) is 4.18. The molecule has 5 nitrogen and oxygen atoms in total. The first kappa shape index (κ1) is 14.3. The molecule has 1 heterocycles. The summed E-state index contributed by atoms with van der Waals surface area (Å²) in [5, 5.41) is 16.4. The number of amides is 1. The summed E-state index contributed by atoms with van der Waals surface area (Å²) in [4.78, 5) is 12.1. The van der Waals surface area contributed by atoms with E-state index >= 15 is 0 Å². The third-order valence-electron chi connectivity index (χ3n) is 3.46. The zero-order valence-electron chi connectivity index (χ0n) is 12.0. The molecule has 2 aromatic rings. The summed E-state index contributed by atoms with van der Waals surface area (Å²) in [7, 11) is 1.87. The van der Waals surface area contributed by atoms with Gasteiger partial charge in [0.1, 0.15) is 0 Å². The lowest BCUT2D eigenvalue weighted by molar-refractivity contribution is -0.115. The number of rotatable bonds is 4. The normalized spacial score (nSPS) is 10.6. The summed E-state index contributed by atoms with van der Waals surface area (Å²) in [6, 6.07) is 7.23. The number of para-hydroxylation sites is 1. The molecule has 2 N–H and O–H groups in total. The van der Waals surface area contributed by atoms with Crippen LogP contribution < -0.4 is 5.32 Å². The molecule has 0 radical (unpaired) electrons. The Balaban J connectivity index is 2.13. The maximum Gasteiger partial charge on any atom is 0.228 e. The van der Waals surface area contributed by atoms with E-state index in [0.29, 0.717) is 11.3 Å². The van der Waals surface area contributed by atoms with Gasteiger partial charge in [-0.1, -0.05) is 18.2 Å². The molecule has 0 unspecified atom stereocenters. The van der Waals surface area contributed by atoms with Crippen LogP contribution in [0.1, 0.15) is 22.5 Å². The van der Waals surface area contributed by atoms with Crippen molar-refractivity contribution in [2.45, 2.75) is 26.9 Å². The topological polar surface area (TPSA) is 67.2 Å². The second-order valence-electron chi connectivity index (χ2n) is 4.81. The Morgan fingerprint density at radius 2 is 2.05 bits per heavy atom. The van der Waals surface area contributed by atoms with Gasteiger partial charge < -0.3 is 10.4 Å². The lowest BCUT2D eigenvalue weighted by atomic mass is 10.1. The summed E-state index contributed by atoms with van der Waals surface area (Å²) >= 11 is 0. The molecule has 0 saturated carbocycles. The number of hydrogen-bond acceptors (Lipinski definition) is 3. The average Bonchev–Trinajstić information content (AvgIpc) is 2.66. The Labute approximate surface area is 118 Å². The van der Waals surface area contributed by atoms with Gasteiger partial charge in [0.05, 0.1) is 18.7 Å². The number of aryl methyl sites for hydroxylation is 2. The van der Waals surface area contributed by atoms with E-state index in [1.807, 2.05) is 33.0 Å². The second kappa shape index (κ2) is 5.88. The number of aliphatic hydroxyl groups is 1. The average molecular weight is 273 g/mol. The third kappa shape index (κ3) is 2.88. The standard InChI is InChI=1S/C15H19N3O2/c1-10-13(11(2)18(3)17-10)8-15(20)16-14-7-5-4-6-12(14)9-19/h4-7,19H,8-9H2,1-3H3,(H,16,20). The number of nitrogens with zero attached hydrogens (tertiary/aromatic N) is 2. The summed E-state index contributed by atoms with van der Waals surface area (Å²) in [6.07, 6.45) is 0.283. The van der Waals surface area contributed by atoms with E-state index in [2.05, 4.69) is 10.4 Å². The molecule has 0 aliphatic heterocycles. The fourth-order valence-electron chi connectivity index (χ4n) is 2.21. The van der Waals surface area contributed by atoms with Gasteiger partial charge in [-0.15, -0.1) is 0 Å². The number of anilines is 1.